The monoisotopic (exact) mass is 312 g/mol. The lowest BCUT2D eigenvalue weighted by molar-refractivity contribution is 0.0599. The number of aromatic nitrogens is 1. The van der Waals surface area contributed by atoms with Gasteiger partial charge in [-0.3, -0.25) is 4.98 Å². The lowest BCUT2D eigenvalue weighted by Crippen LogP contribution is -2.30. The summed E-state index contributed by atoms with van der Waals surface area (Å²) in [6.45, 7) is 1.69. The van der Waals surface area contributed by atoms with Crippen LogP contribution in [-0.2, 0) is 17.7 Å². The molecule has 0 bridgehead atoms. The normalized spacial score (nSPS) is 13.4. The smallest absolute Gasteiger partial charge is 0.338 e. The van der Waals surface area contributed by atoms with Crippen molar-refractivity contribution in [2.75, 3.05) is 25.7 Å². The first-order valence-electron chi connectivity index (χ1n) is 7.66. The van der Waals surface area contributed by atoms with E-state index in [1.54, 1.807) is 13.3 Å². The number of carbonyl (C=O) groups excluding carboxylic acids is 1. The van der Waals surface area contributed by atoms with Crippen LogP contribution in [0.4, 0.5) is 5.69 Å². The second-order valence-corrected chi connectivity index (χ2v) is 5.55. The molecule has 1 aromatic carbocycles. The highest BCUT2D eigenvalue weighted by Gasteiger charge is 2.22. The number of carbonyl (C=O) groups is 1. The van der Waals surface area contributed by atoms with E-state index in [2.05, 4.69) is 16.0 Å². The van der Waals surface area contributed by atoms with Crippen molar-refractivity contribution in [3.8, 4) is 5.75 Å². The van der Waals surface area contributed by atoms with Crippen molar-refractivity contribution < 1.29 is 14.3 Å². The van der Waals surface area contributed by atoms with E-state index in [0.717, 1.165) is 48.5 Å². The molecule has 3 rings (SSSR count). The summed E-state index contributed by atoms with van der Waals surface area (Å²) in [6, 6.07) is 7.80. The molecule has 0 N–H and O–H groups in total. The first kappa shape index (κ1) is 15.3. The van der Waals surface area contributed by atoms with E-state index in [0.29, 0.717) is 5.56 Å². The predicted molar refractivity (Wildman–Crippen MR) is 87.9 cm³/mol. The minimum atomic E-state index is -0.272. The molecule has 0 saturated carbocycles. The number of hydrogen-bond donors (Lipinski definition) is 0. The molecular formula is C18H20N2O3. The number of methoxy groups -OCH3 is 2. The Hall–Kier alpha value is -2.56. The predicted octanol–water partition coefficient (Wildman–Crippen LogP) is 2.83. The molecule has 0 amide bonds. The molecule has 2 aromatic rings. The molecule has 0 spiro atoms. The van der Waals surface area contributed by atoms with Crippen LogP contribution in [0.1, 0.15) is 27.9 Å². The molecular weight excluding hydrogens is 292 g/mol. The standard InChI is InChI=1S/C18H20N2O3/c1-22-14-9-13(10-19-11-14)12-20-8-4-6-15-16(18(21)23-2)5-3-7-17(15)20/h3,5,7,9-11H,4,6,8,12H2,1-2H3. The van der Waals surface area contributed by atoms with Gasteiger partial charge >= 0.3 is 5.97 Å². The van der Waals surface area contributed by atoms with E-state index in [1.807, 2.05) is 24.4 Å². The van der Waals surface area contributed by atoms with Gasteiger partial charge in [0.1, 0.15) is 5.75 Å². The number of ether oxygens (including phenoxy) is 2. The number of pyridine rings is 1. The summed E-state index contributed by atoms with van der Waals surface area (Å²) in [5.74, 6) is 0.481. The lowest BCUT2D eigenvalue weighted by atomic mass is 9.96. The summed E-state index contributed by atoms with van der Waals surface area (Å²) >= 11 is 0. The van der Waals surface area contributed by atoms with Crippen molar-refractivity contribution >= 4 is 11.7 Å². The zero-order chi connectivity index (χ0) is 16.2. The summed E-state index contributed by atoms with van der Waals surface area (Å²) in [7, 11) is 3.06. The van der Waals surface area contributed by atoms with E-state index in [4.69, 9.17) is 9.47 Å². The first-order valence-corrected chi connectivity index (χ1v) is 7.66. The van der Waals surface area contributed by atoms with Crippen LogP contribution in [-0.4, -0.2) is 31.7 Å². The number of rotatable bonds is 4. The summed E-state index contributed by atoms with van der Waals surface area (Å²) in [4.78, 5) is 18.5. The molecule has 5 nitrogen and oxygen atoms in total. The average molecular weight is 312 g/mol. The van der Waals surface area contributed by atoms with Gasteiger partial charge in [0, 0.05) is 25.0 Å². The Kier molecular flexibility index (Phi) is 4.46. The van der Waals surface area contributed by atoms with Gasteiger partial charge in [-0.05, 0) is 42.2 Å². The van der Waals surface area contributed by atoms with Gasteiger partial charge in [-0.25, -0.2) is 4.79 Å². The second kappa shape index (κ2) is 6.69. The second-order valence-electron chi connectivity index (χ2n) is 5.55. The molecule has 1 aliphatic heterocycles. The van der Waals surface area contributed by atoms with Crippen molar-refractivity contribution in [3.05, 3.63) is 53.3 Å². The van der Waals surface area contributed by atoms with Gasteiger partial charge in [0.05, 0.1) is 26.0 Å². The maximum Gasteiger partial charge on any atom is 0.338 e. The Morgan fingerprint density at radius 1 is 1.30 bits per heavy atom. The Morgan fingerprint density at radius 2 is 2.17 bits per heavy atom. The minimum absolute atomic E-state index is 0.272. The summed E-state index contributed by atoms with van der Waals surface area (Å²) in [5, 5.41) is 0. The van der Waals surface area contributed by atoms with E-state index in [-0.39, 0.29) is 5.97 Å². The van der Waals surface area contributed by atoms with E-state index in [1.165, 1.54) is 7.11 Å². The van der Waals surface area contributed by atoms with Gasteiger partial charge in [0.25, 0.3) is 0 Å². The van der Waals surface area contributed by atoms with Crippen LogP contribution in [0.5, 0.6) is 5.75 Å². The molecule has 23 heavy (non-hydrogen) atoms. The lowest BCUT2D eigenvalue weighted by Gasteiger charge is -2.32. The van der Waals surface area contributed by atoms with Crippen LogP contribution >= 0.6 is 0 Å². The summed E-state index contributed by atoms with van der Waals surface area (Å²) < 4.78 is 10.1. The molecule has 2 heterocycles. The van der Waals surface area contributed by atoms with Crippen LogP contribution in [0.15, 0.2) is 36.7 Å². The number of anilines is 1. The Bertz CT molecular complexity index is 715. The van der Waals surface area contributed by atoms with Crippen LogP contribution in [0.25, 0.3) is 0 Å². The van der Waals surface area contributed by atoms with Crippen molar-refractivity contribution in [3.63, 3.8) is 0 Å². The molecule has 0 radical (unpaired) electrons. The van der Waals surface area contributed by atoms with Crippen LogP contribution in [0.3, 0.4) is 0 Å². The van der Waals surface area contributed by atoms with Crippen LogP contribution in [0, 0.1) is 0 Å². The average Bonchev–Trinajstić information content (AvgIpc) is 2.61. The quantitative estimate of drug-likeness (QED) is 0.813. The van der Waals surface area contributed by atoms with Gasteiger partial charge in [0.15, 0.2) is 0 Å². The highest BCUT2D eigenvalue weighted by Crippen LogP contribution is 2.31. The number of nitrogens with zero attached hydrogens (tertiary/aromatic N) is 2. The fraction of sp³-hybridized carbons (Fsp3) is 0.333. The molecule has 5 heteroatoms. The molecule has 0 unspecified atom stereocenters. The maximum atomic E-state index is 12.0. The summed E-state index contributed by atoms with van der Waals surface area (Å²) in [6.07, 6.45) is 5.45. The fourth-order valence-corrected chi connectivity index (χ4v) is 3.05. The first-order chi connectivity index (χ1) is 11.2. The van der Waals surface area contributed by atoms with E-state index >= 15 is 0 Å². The summed E-state index contributed by atoms with van der Waals surface area (Å²) in [5.41, 5.74) is 3.92. The topological polar surface area (TPSA) is 51.7 Å². The van der Waals surface area contributed by atoms with Gasteiger partial charge < -0.3 is 14.4 Å². The Balaban J connectivity index is 1.91. The molecule has 1 aliphatic rings. The third-order valence-electron chi connectivity index (χ3n) is 4.13. The highest BCUT2D eigenvalue weighted by molar-refractivity contribution is 5.93. The Labute approximate surface area is 135 Å². The van der Waals surface area contributed by atoms with Gasteiger partial charge in [0.2, 0.25) is 0 Å². The molecule has 0 saturated heterocycles. The largest absolute Gasteiger partial charge is 0.495 e. The number of benzene rings is 1. The third kappa shape index (κ3) is 3.13. The van der Waals surface area contributed by atoms with E-state index in [9.17, 15) is 4.79 Å². The van der Waals surface area contributed by atoms with Gasteiger partial charge in [-0.1, -0.05) is 6.07 Å². The molecule has 1 aromatic heterocycles. The SMILES string of the molecule is COC(=O)c1cccc2c1CCCN2Cc1cncc(OC)c1. The zero-order valence-electron chi connectivity index (χ0n) is 13.4. The Morgan fingerprint density at radius 3 is 2.96 bits per heavy atom. The molecule has 0 atom stereocenters. The number of hydrogen-bond acceptors (Lipinski definition) is 5. The van der Waals surface area contributed by atoms with Crippen molar-refractivity contribution in [2.45, 2.75) is 19.4 Å². The van der Waals surface area contributed by atoms with Crippen molar-refractivity contribution in [2.24, 2.45) is 0 Å². The molecule has 0 fully saturated rings. The van der Waals surface area contributed by atoms with E-state index < -0.39 is 0 Å². The van der Waals surface area contributed by atoms with Gasteiger partial charge in [-0.2, -0.15) is 0 Å². The van der Waals surface area contributed by atoms with Crippen molar-refractivity contribution in [1.82, 2.24) is 4.98 Å². The number of fused-ring (bicyclic) bond motifs is 1. The maximum absolute atomic E-state index is 12.0. The third-order valence-corrected chi connectivity index (χ3v) is 4.13. The van der Waals surface area contributed by atoms with Gasteiger partial charge in [-0.15, -0.1) is 0 Å². The highest BCUT2D eigenvalue weighted by atomic mass is 16.5. The van der Waals surface area contributed by atoms with Crippen molar-refractivity contribution in [1.29, 1.82) is 0 Å². The fourth-order valence-electron chi connectivity index (χ4n) is 3.05. The minimum Gasteiger partial charge on any atom is -0.495 e. The molecule has 0 aliphatic carbocycles. The van der Waals surface area contributed by atoms with Crippen LogP contribution in [0.2, 0.25) is 0 Å². The number of esters is 1. The molecule has 120 valence electrons. The van der Waals surface area contributed by atoms with Crippen LogP contribution < -0.4 is 9.64 Å². The zero-order valence-corrected chi connectivity index (χ0v) is 13.4.